The van der Waals surface area contributed by atoms with Crippen LogP contribution in [0.3, 0.4) is 0 Å². The van der Waals surface area contributed by atoms with E-state index in [-0.39, 0.29) is 0 Å². The Labute approximate surface area is 105 Å². The maximum absolute atomic E-state index is 5.58. The van der Waals surface area contributed by atoms with Crippen molar-refractivity contribution in [1.29, 1.82) is 0 Å². The zero-order valence-corrected chi connectivity index (χ0v) is 12.3. The Morgan fingerprint density at radius 3 is 2.12 bits per heavy atom. The lowest BCUT2D eigenvalue weighted by molar-refractivity contribution is 0.219. The number of epoxide rings is 2. The fraction of sp³-hybridized carbons (Fsp3) is 1.00. The lowest BCUT2D eigenvalue weighted by Crippen LogP contribution is -2.35. The number of hydrogen-bond acceptors (Lipinski definition) is 4. The zero-order chi connectivity index (χ0) is 12.3. The molecular formula is C12H25NO3Si. The molecule has 2 unspecified atom stereocenters. The summed E-state index contributed by atoms with van der Waals surface area (Å²) in [5.74, 6) is 0. The smallest absolute Gasteiger partial charge is 0.186 e. The van der Waals surface area contributed by atoms with Gasteiger partial charge in [-0.05, 0) is 32.1 Å². The summed E-state index contributed by atoms with van der Waals surface area (Å²) in [6, 6.07) is 1.23. The van der Waals surface area contributed by atoms with Crippen LogP contribution in [0.15, 0.2) is 0 Å². The average Bonchev–Trinajstić information content (AvgIpc) is 3.13. The van der Waals surface area contributed by atoms with Crippen LogP contribution in [0, 0.1) is 0 Å². The molecule has 0 radical (unpaired) electrons. The van der Waals surface area contributed by atoms with Crippen molar-refractivity contribution >= 4 is 8.32 Å². The van der Waals surface area contributed by atoms with Crippen molar-refractivity contribution in [2.75, 3.05) is 40.0 Å². The molecule has 2 aliphatic rings. The van der Waals surface area contributed by atoms with E-state index in [9.17, 15) is 0 Å². The average molecular weight is 259 g/mol. The molecule has 17 heavy (non-hydrogen) atoms. The minimum atomic E-state index is -1.38. The molecule has 0 spiro atoms. The molecule has 2 aliphatic heterocycles. The summed E-state index contributed by atoms with van der Waals surface area (Å²) in [5.41, 5.74) is 0. The second-order valence-corrected chi connectivity index (χ2v) is 10.2. The Kier molecular flexibility index (Phi) is 4.60. The number of ether oxygens (including phenoxy) is 2. The molecular weight excluding hydrogens is 234 g/mol. The van der Waals surface area contributed by atoms with Crippen molar-refractivity contribution in [3.8, 4) is 0 Å². The largest absolute Gasteiger partial charge is 0.420 e. The van der Waals surface area contributed by atoms with Gasteiger partial charge < -0.3 is 13.9 Å². The van der Waals surface area contributed by atoms with Gasteiger partial charge in [0.05, 0.1) is 25.4 Å². The lowest BCUT2D eigenvalue weighted by atomic mass is 10.3. The molecule has 0 amide bonds. The number of nitrogens with zero attached hydrogens (tertiary/aromatic N) is 1. The van der Waals surface area contributed by atoms with Gasteiger partial charge in [0.1, 0.15) is 0 Å². The SMILES string of the molecule is CO[Si](C)(C)CCCN(CC1CO1)CC1CO1. The van der Waals surface area contributed by atoms with E-state index in [2.05, 4.69) is 18.0 Å². The summed E-state index contributed by atoms with van der Waals surface area (Å²) >= 11 is 0. The minimum Gasteiger partial charge on any atom is -0.420 e. The minimum absolute atomic E-state index is 0.487. The molecule has 2 rings (SSSR count). The molecule has 0 aromatic heterocycles. The third-order valence-corrected chi connectivity index (χ3v) is 6.20. The van der Waals surface area contributed by atoms with Crippen molar-refractivity contribution in [2.45, 2.75) is 37.8 Å². The van der Waals surface area contributed by atoms with Crippen LogP contribution in [0.2, 0.25) is 19.1 Å². The Morgan fingerprint density at radius 2 is 1.71 bits per heavy atom. The second kappa shape index (κ2) is 5.80. The first-order valence-electron chi connectivity index (χ1n) is 6.60. The highest BCUT2D eigenvalue weighted by Crippen LogP contribution is 2.18. The molecule has 0 aromatic carbocycles. The van der Waals surface area contributed by atoms with Crippen LogP contribution in [0.25, 0.3) is 0 Å². The van der Waals surface area contributed by atoms with Gasteiger partial charge >= 0.3 is 0 Å². The predicted molar refractivity (Wildman–Crippen MR) is 69.8 cm³/mol. The third-order valence-electron chi connectivity index (χ3n) is 3.53. The topological polar surface area (TPSA) is 37.5 Å². The molecule has 0 aliphatic carbocycles. The van der Waals surface area contributed by atoms with Crippen LogP contribution in [0.1, 0.15) is 6.42 Å². The van der Waals surface area contributed by atoms with Gasteiger partial charge in [0.25, 0.3) is 0 Å². The van der Waals surface area contributed by atoms with Crippen molar-refractivity contribution in [1.82, 2.24) is 4.90 Å². The monoisotopic (exact) mass is 259 g/mol. The van der Waals surface area contributed by atoms with E-state index in [4.69, 9.17) is 13.9 Å². The summed E-state index contributed by atoms with van der Waals surface area (Å²) in [6.07, 6.45) is 2.20. The van der Waals surface area contributed by atoms with Crippen molar-refractivity contribution in [2.24, 2.45) is 0 Å². The van der Waals surface area contributed by atoms with Crippen LogP contribution in [-0.2, 0) is 13.9 Å². The quantitative estimate of drug-likeness (QED) is 0.462. The molecule has 5 heteroatoms. The summed E-state index contributed by atoms with van der Waals surface area (Å²) in [4.78, 5) is 2.50. The van der Waals surface area contributed by atoms with Crippen LogP contribution in [0.4, 0.5) is 0 Å². The summed E-state index contributed by atoms with van der Waals surface area (Å²) in [5, 5.41) is 0. The van der Waals surface area contributed by atoms with Crippen molar-refractivity contribution in [3.05, 3.63) is 0 Å². The maximum Gasteiger partial charge on any atom is 0.186 e. The molecule has 2 fully saturated rings. The fourth-order valence-electron chi connectivity index (χ4n) is 2.01. The lowest BCUT2D eigenvalue weighted by Gasteiger charge is -2.24. The molecule has 0 aromatic rings. The highest BCUT2D eigenvalue weighted by molar-refractivity contribution is 6.71. The van der Waals surface area contributed by atoms with E-state index in [0.717, 1.165) is 32.8 Å². The molecule has 2 atom stereocenters. The number of rotatable bonds is 9. The van der Waals surface area contributed by atoms with E-state index < -0.39 is 8.32 Å². The van der Waals surface area contributed by atoms with Gasteiger partial charge in [-0.1, -0.05) is 0 Å². The molecule has 0 N–H and O–H groups in total. The van der Waals surface area contributed by atoms with Crippen LogP contribution in [0.5, 0.6) is 0 Å². The van der Waals surface area contributed by atoms with Crippen molar-refractivity contribution < 1.29 is 13.9 Å². The van der Waals surface area contributed by atoms with E-state index in [1.807, 2.05) is 7.11 Å². The Morgan fingerprint density at radius 1 is 1.18 bits per heavy atom. The molecule has 100 valence electrons. The van der Waals surface area contributed by atoms with E-state index >= 15 is 0 Å². The summed E-state index contributed by atoms with van der Waals surface area (Å²) in [7, 11) is 0.465. The van der Waals surface area contributed by atoms with Gasteiger partial charge in [-0.3, -0.25) is 4.90 Å². The van der Waals surface area contributed by atoms with E-state index in [1.165, 1.54) is 12.5 Å². The Bertz CT molecular complexity index is 228. The first-order chi connectivity index (χ1) is 8.09. The van der Waals surface area contributed by atoms with Crippen LogP contribution >= 0.6 is 0 Å². The number of hydrogen-bond donors (Lipinski definition) is 0. The Balaban J connectivity index is 1.64. The zero-order valence-electron chi connectivity index (χ0n) is 11.3. The van der Waals surface area contributed by atoms with Gasteiger partial charge in [-0.15, -0.1) is 0 Å². The van der Waals surface area contributed by atoms with Gasteiger partial charge in [-0.2, -0.15) is 0 Å². The summed E-state index contributed by atoms with van der Waals surface area (Å²) < 4.78 is 16.2. The van der Waals surface area contributed by atoms with Gasteiger partial charge in [-0.25, -0.2) is 0 Å². The normalized spacial score (nSPS) is 27.5. The van der Waals surface area contributed by atoms with Crippen molar-refractivity contribution in [3.63, 3.8) is 0 Å². The first-order valence-corrected chi connectivity index (χ1v) is 9.71. The van der Waals surface area contributed by atoms with Gasteiger partial charge in [0.2, 0.25) is 0 Å². The molecule has 0 saturated carbocycles. The molecule has 2 saturated heterocycles. The predicted octanol–water partition coefficient (Wildman–Crippen LogP) is 1.33. The molecule has 0 bridgehead atoms. The van der Waals surface area contributed by atoms with Crippen LogP contribution < -0.4 is 0 Å². The van der Waals surface area contributed by atoms with Gasteiger partial charge in [0, 0.05) is 20.2 Å². The molecule has 2 heterocycles. The highest BCUT2D eigenvalue weighted by Gasteiger charge is 2.30. The fourth-order valence-corrected chi connectivity index (χ4v) is 3.22. The molecule has 4 nitrogen and oxygen atoms in total. The first kappa shape index (κ1) is 13.5. The maximum atomic E-state index is 5.58. The van der Waals surface area contributed by atoms with Gasteiger partial charge in [0.15, 0.2) is 8.32 Å². The Hall–Kier alpha value is 0.0569. The third kappa shape index (κ3) is 5.48. The second-order valence-electron chi connectivity index (χ2n) is 5.74. The summed E-state index contributed by atoms with van der Waals surface area (Å²) in [6.45, 7) is 9.76. The highest BCUT2D eigenvalue weighted by atomic mass is 28.4. The van der Waals surface area contributed by atoms with E-state index in [1.54, 1.807) is 0 Å². The standard InChI is InChI=1S/C12H25NO3Si/c1-14-17(2,3)6-4-5-13(7-11-9-15-11)8-12-10-16-12/h11-12H,4-10H2,1-3H3. The van der Waals surface area contributed by atoms with Crippen LogP contribution in [-0.4, -0.2) is 65.4 Å². The van der Waals surface area contributed by atoms with E-state index in [0.29, 0.717) is 12.2 Å².